The van der Waals surface area contributed by atoms with Crippen molar-refractivity contribution < 1.29 is 22.7 Å². The van der Waals surface area contributed by atoms with Crippen molar-refractivity contribution in [2.75, 3.05) is 0 Å². The lowest BCUT2D eigenvalue weighted by molar-refractivity contribution is -0.145. The lowest BCUT2D eigenvalue weighted by Gasteiger charge is -2.32. The van der Waals surface area contributed by atoms with Gasteiger partial charge in [0.2, 0.25) is 10.0 Å². The Balaban J connectivity index is 2.12. The highest BCUT2D eigenvalue weighted by Gasteiger charge is 2.37. The summed E-state index contributed by atoms with van der Waals surface area (Å²) >= 11 is 3.05. The highest BCUT2D eigenvalue weighted by atomic mass is 79.9. The van der Waals surface area contributed by atoms with Crippen LogP contribution >= 0.6 is 15.9 Å². The molecule has 19 heavy (non-hydrogen) atoms. The van der Waals surface area contributed by atoms with Crippen LogP contribution in [0.2, 0.25) is 0 Å². The molecule has 0 spiro atoms. The maximum Gasteiger partial charge on any atom is 0.306 e. The molecule has 0 bridgehead atoms. The molecule has 0 aliphatic heterocycles. The maximum absolute atomic E-state index is 13.1. The Labute approximate surface area is 118 Å². The number of hydrogen-bond acceptors (Lipinski definition) is 3. The number of carboxylic acid groups (broad SMARTS) is 1. The van der Waals surface area contributed by atoms with Crippen LogP contribution in [0.4, 0.5) is 4.39 Å². The molecule has 2 rings (SSSR count). The first-order chi connectivity index (χ1) is 8.79. The monoisotopic (exact) mass is 351 g/mol. The number of carboxylic acids is 1. The molecule has 1 fully saturated rings. The molecule has 8 heteroatoms. The summed E-state index contributed by atoms with van der Waals surface area (Å²) in [5.74, 6) is -2.09. The van der Waals surface area contributed by atoms with Crippen LogP contribution < -0.4 is 4.72 Å². The average molecular weight is 352 g/mol. The van der Waals surface area contributed by atoms with Gasteiger partial charge in [0.15, 0.2) is 0 Å². The standard InChI is InChI=1S/C11H11BrFNO4S/c12-9-2-1-7(13)5-10(9)19(17,18)14-8-3-6(4-8)11(15)16/h1-2,5-6,8,14H,3-4H2,(H,15,16). The van der Waals surface area contributed by atoms with Gasteiger partial charge in [-0.25, -0.2) is 17.5 Å². The molecule has 0 unspecified atom stereocenters. The van der Waals surface area contributed by atoms with Crippen molar-refractivity contribution in [3.05, 3.63) is 28.5 Å². The molecule has 0 heterocycles. The highest BCUT2D eigenvalue weighted by Crippen LogP contribution is 2.30. The molecule has 0 radical (unpaired) electrons. The van der Waals surface area contributed by atoms with Gasteiger partial charge in [-0.3, -0.25) is 4.79 Å². The summed E-state index contributed by atoms with van der Waals surface area (Å²) in [6.45, 7) is 0. The molecule has 2 N–H and O–H groups in total. The van der Waals surface area contributed by atoms with Gasteiger partial charge in [0.05, 0.1) is 10.8 Å². The van der Waals surface area contributed by atoms with Gasteiger partial charge >= 0.3 is 5.97 Å². The van der Waals surface area contributed by atoms with Crippen molar-refractivity contribution in [3.8, 4) is 0 Å². The first-order valence-electron chi connectivity index (χ1n) is 5.50. The lowest BCUT2D eigenvalue weighted by atomic mass is 9.81. The molecule has 0 saturated heterocycles. The van der Waals surface area contributed by atoms with Gasteiger partial charge in [-0.2, -0.15) is 0 Å². The van der Waals surface area contributed by atoms with E-state index in [1.54, 1.807) is 0 Å². The van der Waals surface area contributed by atoms with Gasteiger partial charge in [-0.1, -0.05) is 0 Å². The largest absolute Gasteiger partial charge is 0.481 e. The van der Waals surface area contributed by atoms with Crippen LogP contribution in [0.25, 0.3) is 0 Å². The predicted molar refractivity (Wildman–Crippen MR) is 68.6 cm³/mol. The van der Waals surface area contributed by atoms with E-state index in [1.165, 1.54) is 6.07 Å². The average Bonchev–Trinajstić information content (AvgIpc) is 2.25. The number of carbonyl (C=O) groups is 1. The van der Waals surface area contributed by atoms with E-state index < -0.39 is 33.8 Å². The van der Waals surface area contributed by atoms with Crippen LogP contribution in [0, 0.1) is 11.7 Å². The van der Waals surface area contributed by atoms with Crippen LogP contribution in [-0.4, -0.2) is 25.5 Å². The molecular weight excluding hydrogens is 341 g/mol. The zero-order valence-corrected chi connectivity index (χ0v) is 12.0. The van der Waals surface area contributed by atoms with E-state index in [9.17, 15) is 17.6 Å². The second kappa shape index (κ2) is 5.18. The molecule has 1 aromatic rings. The fraction of sp³-hybridized carbons (Fsp3) is 0.364. The van der Waals surface area contributed by atoms with Crippen molar-refractivity contribution in [2.24, 2.45) is 5.92 Å². The predicted octanol–water partition coefficient (Wildman–Crippen LogP) is 1.73. The molecular formula is C11H11BrFNO4S. The number of rotatable bonds is 4. The maximum atomic E-state index is 13.1. The minimum absolute atomic E-state index is 0.189. The van der Waals surface area contributed by atoms with Gasteiger partial charge < -0.3 is 5.11 Å². The second-order valence-corrected chi connectivity index (χ2v) is 6.94. The first kappa shape index (κ1) is 14.4. The van der Waals surface area contributed by atoms with Crippen LogP contribution in [-0.2, 0) is 14.8 Å². The summed E-state index contributed by atoms with van der Waals surface area (Å²) in [7, 11) is -3.85. The van der Waals surface area contributed by atoms with E-state index in [1.807, 2.05) is 0 Å². The van der Waals surface area contributed by atoms with E-state index in [2.05, 4.69) is 20.7 Å². The van der Waals surface area contributed by atoms with Gasteiger partial charge in [-0.05, 0) is 47.0 Å². The normalized spacial score (nSPS) is 22.8. The minimum Gasteiger partial charge on any atom is -0.481 e. The number of aliphatic carboxylic acids is 1. The molecule has 104 valence electrons. The summed E-state index contributed by atoms with van der Waals surface area (Å²) in [6, 6.07) is 2.96. The van der Waals surface area contributed by atoms with Crippen LogP contribution in [0.5, 0.6) is 0 Å². The lowest BCUT2D eigenvalue weighted by Crippen LogP contribution is -2.46. The summed E-state index contributed by atoms with van der Waals surface area (Å²) < 4.78 is 39.8. The van der Waals surface area contributed by atoms with Gasteiger partial charge in [-0.15, -0.1) is 0 Å². The van der Waals surface area contributed by atoms with E-state index >= 15 is 0 Å². The molecule has 5 nitrogen and oxygen atoms in total. The third-order valence-corrected chi connectivity index (χ3v) is 5.51. The van der Waals surface area contributed by atoms with Gasteiger partial charge in [0.1, 0.15) is 5.82 Å². The molecule has 1 aromatic carbocycles. The Kier molecular flexibility index (Phi) is 3.93. The number of halogens is 2. The topological polar surface area (TPSA) is 83.5 Å². The van der Waals surface area contributed by atoms with Crippen molar-refractivity contribution in [3.63, 3.8) is 0 Å². The van der Waals surface area contributed by atoms with Crippen molar-refractivity contribution in [1.29, 1.82) is 0 Å². The minimum atomic E-state index is -3.85. The zero-order chi connectivity index (χ0) is 14.2. The molecule has 1 aliphatic rings. The highest BCUT2D eigenvalue weighted by molar-refractivity contribution is 9.10. The Hall–Kier alpha value is -0.990. The third kappa shape index (κ3) is 3.13. The SMILES string of the molecule is O=C(O)C1CC(NS(=O)(=O)c2cc(F)ccc2Br)C1. The number of nitrogens with one attached hydrogen (secondary N) is 1. The zero-order valence-electron chi connectivity index (χ0n) is 9.64. The molecule has 0 aromatic heterocycles. The quantitative estimate of drug-likeness (QED) is 0.865. The van der Waals surface area contributed by atoms with E-state index in [4.69, 9.17) is 5.11 Å². The van der Waals surface area contributed by atoms with Gasteiger partial charge in [0.25, 0.3) is 0 Å². The Morgan fingerprint density at radius 1 is 1.42 bits per heavy atom. The number of hydrogen-bond donors (Lipinski definition) is 2. The third-order valence-electron chi connectivity index (χ3n) is 2.99. The fourth-order valence-corrected chi connectivity index (χ4v) is 4.12. The summed E-state index contributed by atoms with van der Waals surface area (Å²) in [5, 5.41) is 8.71. The van der Waals surface area contributed by atoms with Crippen molar-refractivity contribution >= 4 is 31.9 Å². The number of benzene rings is 1. The van der Waals surface area contributed by atoms with E-state index in [0.29, 0.717) is 0 Å². The van der Waals surface area contributed by atoms with E-state index in [-0.39, 0.29) is 22.2 Å². The molecule has 0 amide bonds. The molecule has 1 saturated carbocycles. The first-order valence-corrected chi connectivity index (χ1v) is 7.77. The molecule has 1 aliphatic carbocycles. The Morgan fingerprint density at radius 3 is 2.63 bits per heavy atom. The van der Waals surface area contributed by atoms with E-state index in [0.717, 1.165) is 12.1 Å². The fourth-order valence-electron chi connectivity index (χ4n) is 1.88. The second-order valence-electron chi connectivity index (χ2n) is 4.40. The summed E-state index contributed by atoms with van der Waals surface area (Å²) in [5.41, 5.74) is 0. The van der Waals surface area contributed by atoms with Gasteiger partial charge in [0, 0.05) is 10.5 Å². The van der Waals surface area contributed by atoms with Crippen LogP contribution in [0.3, 0.4) is 0 Å². The molecule has 0 atom stereocenters. The van der Waals surface area contributed by atoms with Crippen LogP contribution in [0.15, 0.2) is 27.6 Å². The van der Waals surface area contributed by atoms with Crippen molar-refractivity contribution in [2.45, 2.75) is 23.8 Å². The Bertz CT molecular complexity index is 613. The van der Waals surface area contributed by atoms with Crippen LogP contribution in [0.1, 0.15) is 12.8 Å². The summed E-state index contributed by atoms with van der Waals surface area (Å²) in [4.78, 5) is 10.4. The number of sulfonamides is 1. The Morgan fingerprint density at radius 2 is 2.05 bits per heavy atom. The summed E-state index contributed by atoms with van der Waals surface area (Å²) in [6.07, 6.45) is 0.503. The van der Waals surface area contributed by atoms with Crippen molar-refractivity contribution in [1.82, 2.24) is 4.72 Å². The smallest absolute Gasteiger partial charge is 0.306 e.